The van der Waals surface area contributed by atoms with E-state index < -0.39 is 0 Å². The van der Waals surface area contributed by atoms with Gasteiger partial charge in [0.2, 0.25) is 5.91 Å². The number of carbonyl (C=O) groups is 1. The second-order valence-electron chi connectivity index (χ2n) is 4.06. The van der Waals surface area contributed by atoms with Crippen molar-refractivity contribution in [2.24, 2.45) is 0 Å². The molecule has 15 heavy (non-hydrogen) atoms. The Kier molecular flexibility index (Phi) is 3.00. The first-order valence-corrected chi connectivity index (χ1v) is 5.69. The lowest BCUT2D eigenvalue weighted by molar-refractivity contribution is -0.128. The van der Waals surface area contributed by atoms with Crippen LogP contribution in [0.1, 0.15) is 17.5 Å². The molecule has 1 fully saturated rings. The van der Waals surface area contributed by atoms with Crippen molar-refractivity contribution in [2.45, 2.75) is 25.1 Å². The summed E-state index contributed by atoms with van der Waals surface area (Å²) in [5.74, 6) is 0.221. The summed E-state index contributed by atoms with van der Waals surface area (Å²) in [7, 11) is 0. The van der Waals surface area contributed by atoms with Crippen LogP contribution in [0.15, 0.2) is 24.3 Å². The van der Waals surface area contributed by atoms with Crippen LogP contribution in [0.2, 0.25) is 0 Å². The average molecular weight is 221 g/mol. The summed E-state index contributed by atoms with van der Waals surface area (Å²) in [6.07, 6.45) is 0.578. The van der Waals surface area contributed by atoms with Gasteiger partial charge in [0, 0.05) is 24.8 Å². The Balaban J connectivity index is 2.09. The Morgan fingerprint density at radius 1 is 1.47 bits per heavy atom. The van der Waals surface area contributed by atoms with E-state index in [9.17, 15) is 4.79 Å². The van der Waals surface area contributed by atoms with Crippen molar-refractivity contribution >= 4 is 18.5 Å². The topological polar surface area (TPSA) is 20.3 Å². The zero-order valence-corrected chi connectivity index (χ0v) is 9.71. The Labute approximate surface area is 95.7 Å². The number of nitrogens with zero attached hydrogens (tertiary/aromatic N) is 1. The van der Waals surface area contributed by atoms with Gasteiger partial charge in [0.25, 0.3) is 0 Å². The number of hydrogen-bond donors (Lipinski definition) is 1. The number of amides is 1. The Morgan fingerprint density at radius 2 is 2.20 bits per heavy atom. The summed E-state index contributed by atoms with van der Waals surface area (Å²) in [6, 6.07) is 8.19. The molecule has 2 rings (SSSR count). The molecule has 0 saturated carbocycles. The monoisotopic (exact) mass is 221 g/mol. The molecule has 0 aromatic heterocycles. The smallest absolute Gasteiger partial charge is 0.224 e. The van der Waals surface area contributed by atoms with Crippen molar-refractivity contribution in [2.75, 3.05) is 6.54 Å². The lowest BCUT2D eigenvalue weighted by Gasteiger charge is -2.17. The summed E-state index contributed by atoms with van der Waals surface area (Å²) in [5, 5.41) is 0.210. The SMILES string of the molecule is Cc1ccccc1CN1CC(S)CC1=O. The molecule has 0 aliphatic carbocycles. The van der Waals surface area contributed by atoms with Crippen molar-refractivity contribution in [3.63, 3.8) is 0 Å². The molecule has 1 aromatic carbocycles. The highest BCUT2D eigenvalue weighted by Crippen LogP contribution is 2.19. The minimum Gasteiger partial charge on any atom is -0.337 e. The number of thiol groups is 1. The van der Waals surface area contributed by atoms with Gasteiger partial charge in [0.1, 0.15) is 0 Å². The van der Waals surface area contributed by atoms with Crippen molar-refractivity contribution in [3.8, 4) is 0 Å². The predicted octanol–water partition coefficient (Wildman–Crippen LogP) is 2.03. The number of carbonyl (C=O) groups excluding carboxylic acids is 1. The first-order chi connectivity index (χ1) is 7.16. The normalized spacial score (nSPS) is 21.1. The molecule has 0 bridgehead atoms. The van der Waals surface area contributed by atoms with E-state index in [4.69, 9.17) is 0 Å². The molecule has 1 atom stereocenters. The van der Waals surface area contributed by atoms with Crippen molar-refractivity contribution in [1.29, 1.82) is 0 Å². The number of hydrogen-bond acceptors (Lipinski definition) is 2. The number of rotatable bonds is 2. The molecular weight excluding hydrogens is 206 g/mol. The van der Waals surface area contributed by atoms with Gasteiger partial charge in [-0.1, -0.05) is 24.3 Å². The minimum absolute atomic E-state index is 0.210. The number of likely N-dealkylation sites (tertiary alicyclic amines) is 1. The standard InChI is InChI=1S/C12H15NOS/c1-9-4-2-3-5-10(9)7-13-8-11(15)6-12(13)14/h2-5,11,15H,6-8H2,1H3. The maximum absolute atomic E-state index is 11.6. The predicted molar refractivity (Wildman–Crippen MR) is 64.0 cm³/mol. The molecular formula is C12H15NOS. The van der Waals surface area contributed by atoms with Crippen LogP contribution in [0.5, 0.6) is 0 Å². The highest BCUT2D eigenvalue weighted by Gasteiger charge is 2.26. The molecule has 80 valence electrons. The quantitative estimate of drug-likeness (QED) is 0.758. The van der Waals surface area contributed by atoms with E-state index in [0.717, 1.165) is 13.1 Å². The van der Waals surface area contributed by atoms with E-state index >= 15 is 0 Å². The fourth-order valence-corrected chi connectivity index (χ4v) is 2.25. The molecule has 1 aliphatic rings. The Hall–Kier alpha value is -0.960. The summed E-state index contributed by atoms with van der Waals surface area (Å²) >= 11 is 4.34. The van der Waals surface area contributed by atoms with Gasteiger partial charge in [-0.05, 0) is 18.1 Å². The van der Waals surface area contributed by atoms with Crippen LogP contribution in [0.3, 0.4) is 0 Å². The molecule has 1 heterocycles. The average Bonchev–Trinajstić information content (AvgIpc) is 2.49. The Morgan fingerprint density at radius 3 is 2.80 bits per heavy atom. The summed E-state index contributed by atoms with van der Waals surface area (Å²) in [6.45, 7) is 3.58. The van der Waals surface area contributed by atoms with Gasteiger partial charge >= 0.3 is 0 Å². The van der Waals surface area contributed by atoms with Crippen LogP contribution in [0, 0.1) is 6.92 Å². The number of benzene rings is 1. The molecule has 0 spiro atoms. The van der Waals surface area contributed by atoms with E-state index in [1.165, 1.54) is 11.1 Å². The van der Waals surface area contributed by atoms with Crippen molar-refractivity contribution < 1.29 is 4.79 Å². The van der Waals surface area contributed by atoms with Gasteiger partial charge < -0.3 is 4.90 Å². The third-order valence-electron chi connectivity index (χ3n) is 2.82. The lowest BCUT2D eigenvalue weighted by atomic mass is 10.1. The van der Waals surface area contributed by atoms with Gasteiger partial charge in [-0.15, -0.1) is 0 Å². The van der Waals surface area contributed by atoms with E-state index in [-0.39, 0.29) is 11.2 Å². The first-order valence-electron chi connectivity index (χ1n) is 5.17. The fraction of sp³-hybridized carbons (Fsp3) is 0.417. The lowest BCUT2D eigenvalue weighted by Crippen LogP contribution is -2.25. The van der Waals surface area contributed by atoms with Crippen LogP contribution in [0.4, 0.5) is 0 Å². The first kappa shape index (κ1) is 10.6. The molecule has 1 amide bonds. The largest absolute Gasteiger partial charge is 0.337 e. The second kappa shape index (κ2) is 4.27. The van der Waals surface area contributed by atoms with Crippen LogP contribution in [-0.4, -0.2) is 22.6 Å². The summed E-state index contributed by atoms with van der Waals surface area (Å²) < 4.78 is 0. The molecule has 2 nitrogen and oxygen atoms in total. The fourth-order valence-electron chi connectivity index (χ4n) is 1.90. The van der Waals surface area contributed by atoms with Gasteiger partial charge in [-0.3, -0.25) is 4.79 Å². The highest BCUT2D eigenvalue weighted by molar-refractivity contribution is 7.81. The number of aryl methyl sites for hydroxylation is 1. The molecule has 0 N–H and O–H groups in total. The summed E-state index contributed by atoms with van der Waals surface area (Å²) in [5.41, 5.74) is 2.47. The Bertz CT molecular complexity index is 378. The van der Waals surface area contributed by atoms with E-state index in [2.05, 4.69) is 31.7 Å². The maximum atomic E-state index is 11.6. The van der Waals surface area contributed by atoms with Crippen LogP contribution in [0.25, 0.3) is 0 Å². The van der Waals surface area contributed by atoms with Gasteiger partial charge in [-0.25, -0.2) is 0 Å². The molecule has 1 unspecified atom stereocenters. The van der Waals surface area contributed by atoms with Gasteiger partial charge in [-0.2, -0.15) is 12.6 Å². The van der Waals surface area contributed by atoms with Crippen LogP contribution < -0.4 is 0 Å². The van der Waals surface area contributed by atoms with Crippen molar-refractivity contribution in [3.05, 3.63) is 35.4 Å². The third kappa shape index (κ3) is 2.34. The maximum Gasteiger partial charge on any atom is 0.224 e. The molecule has 1 aromatic rings. The minimum atomic E-state index is 0.210. The zero-order chi connectivity index (χ0) is 10.8. The molecule has 1 aliphatic heterocycles. The van der Waals surface area contributed by atoms with E-state index in [1.54, 1.807) is 0 Å². The van der Waals surface area contributed by atoms with E-state index in [0.29, 0.717) is 6.42 Å². The van der Waals surface area contributed by atoms with E-state index in [1.807, 2.05) is 17.0 Å². The highest BCUT2D eigenvalue weighted by atomic mass is 32.1. The van der Waals surface area contributed by atoms with Crippen molar-refractivity contribution in [1.82, 2.24) is 4.90 Å². The molecule has 1 saturated heterocycles. The second-order valence-corrected chi connectivity index (χ2v) is 4.79. The summed E-state index contributed by atoms with van der Waals surface area (Å²) in [4.78, 5) is 13.5. The zero-order valence-electron chi connectivity index (χ0n) is 8.81. The molecule has 3 heteroatoms. The van der Waals surface area contributed by atoms with Crippen LogP contribution >= 0.6 is 12.6 Å². The molecule has 0 radical (unpaired) electrons. The van der Waals surface area contributed by atoms with Gasteiger partial charge in [0.05, 0.1) is 0 Å². The van der Waals surface area contributed by atoms with Gasteiger partial charge in [0.15, 0.2) is 0 Å². The van der Waals surface area contributed by atoms with Crippen LogP contribution in [-0.2, 0) is 11.3 Å². The third-order valence-corrected chi connectivity index (χ3v) is 3.16.